The molecule has 0 spiro atoms. The Hall–Kier alpha value is -3.26. The Balaban J connectivity index is 1.48. The minimum atomic E-state index is -0.499. The van der Waals surface area contributed by atoms with Crippen molar-refractivity contribution in [3.05, 3.63) is 54.1 Å². The summed E-state index contributed by atoms with van der Waals surface area (Å²) in [5.41, 5.74) is 0.318. The molecule has 30 heavy (non-hydrogen) atoms. The molecule has 2 aromatic rings. The number of nitrogens with zero attached hydrogens (tertiary/aromatic N) is 1. The second-order valence-electron chi connectivity index (χ2n) is 6.44. The normalized spacial score (nSPS) is 13.4. The van der Waals surface area contributed by atoms with Crippen LogP contribution in [0.5, 0.6) is 17.2 Å². The maximum absolute atomic E-state index is 12.3. The summed E-state index contributed by atoms with van der Waals surface area (Å²) in [6.07, 6.45) is 0. The molecule has 0 unspecified atom stereocenters. The lowest BCUT2D eigenvalue weighted by atomic mass is 10.2. The van der Waals surface area contributed by atoms with Crippen molar-refractivity contribution in [2.45, 2.75) is 0 Å². The van der Waals surface area contributed by atoms with Crippen molar-refractivity contribution in [3.63, 3.8) is 0 Å². The van der Waals surface area contributed by atoms with E-state index >= 15 is 0 Å². The second-order valence-corrected chi connectivity index (χ2v) is 6.44. The van der Waals surface area contributed by atoms with Crippen molar-refractivity contribution in [1.82, 2.24) is 4.90 Å². The first-order valence-corrected chi connectivity index (χ1v) is 9.68. The van der Waals surface area contributed by atoms with E-state index in [-0.39, 0.29) is 25.7 Å². The summed E-state index contributed by atoms with van der Waals surface area (Å²) < 4.78 is 26.9. The van der Waals surface area contributed by atoms with Gasteiger partial charge in [0.05, 0.1) is 25.9 Å². The molecule has 2 aromatic carbocycles. The highest BCUT2D eigenvalue weighted by Crippen LogP contribution is 2.28. The highest BCUT2D eigenvalue weighted by molar-refractivity contribution is 5.90. The summed E-state index contributed by atoms with van der Waals surface area (Å²) in [6, 6.07) is 14.0. The molecule has 1 aliphatic heterocycles. The molecule has 0 bridgehead atoms. The van der Waals surface area contributed by atoms with Gasteiger partial charge in [-0.3, -0.25) is 4.79 Å². The number of methoxy groups -OCH3 is 1. The smallest absolute Gasteiger partial charge is 0.338 e. The van der Waals surface area contributed by atoms with E-state index in [9.17, 15) is 9.59 Å². The zero-order chi connectivity index (χ0) is 21.2. The Kier molecular flexibility index (Phi) is 7.91. The van der Waals surface area contributed by atoms with E-state index in [1.165, 1.54) is 13.2 Å². The largest absolute Gasteiger partial charge is 0.493 e. The van der Waals surface area contributed by atoms with Gasteiger partial charge in [0.15, 0.2) is 18.1 Å². The van der Waals surface area contributed by atoms with E-state index in [0.29, 0.717) is 49.1 Å². The number of para-hydroxylation sites is 1. The molecule has 8 heteroatoms. The highest BCUT2D eigenvalue weighted by atomic mass is 16.6. The molecule has 1 fully saturated rings. The molecule has 0 N–H and O–H groups in total. The predicted octanol–water partition coefficient (Wildman–Crippen LogP) is 2.17. The Bertz CT molecular complexity index is 835. The number of morpholine rings is 1. The Morgan fingerprint density at radius 1 is 0.967 bits per heavy atom. The monoisotopic (exact) mass is 415 g/mol. The van der Waals surface area contributed by atoms with E-state index in [0.717, 1.165) is 0 Å². The van der Waals surface area contributed by atoms with Gasteiger partial charge in [-0.05, 0) is 30.3 Å². The van der Waals surface area contributed by atoms with Crippen LogP contribution in [-0.2, 0) is 14.3 Å². The molecule has 0 saturated carbocycles. The molecular formula is C22H25NO7. The van der Waals surface area contributed by atoms with Gasteiger partial charge in [0.25, 0.3) is 5.91 Å². The summed E-state index contributed by atoms with van der Waals surface area (Å²) in [4.78, 5) is 26.2. The molecule has 3 rings (SSSR count). The highest BCUT2D eigenvalue weighted by Gasteiger charge is 2.18. The van der Waals surface area contributed by atoms with Crippen LogP contribution in [0.2, 0.25) is 0 Å². The van der Waals surface area contributed by atoms with Gasteiger partial charge in [-0.2, -0.15) is 0 Å². The van der Waals surface area contributed by atoms with Crippen molar-refractivity contribution in [1.29, 1.82) is 0 Å². The predicted molar refractivity (Wildman–Crippen MR) is 108 cm³/mol. The molecule has 1 aliphatic rings. The van der Waals surface area contributed by atoms with Crippen molar-refractivity contribution >= 4 is 11.9 Å². The maximum atomic E-state index is 12.3. The van der Waals surface area contributed by atoms with Crippen LogP contribution < -0.4 is 14.2 Å². The van der Waals surface area contributed by atoms with Crippen molar-refractivity contribution in [2.24, 2.45) is 0 Å². The standard InChI is InChI=1S/C22H25NO7/c1-26-20-15-17(22(25)29-14-13-28-18-5-3-2-4-6-18)7-8-19(20)30-16-21(24)23-9-11-27-12-10-23/h2-8,15H,9-14,16H2,1H3. The number of esters is 1. The van der Waals surface area contributed by atoms with E-state index in [4.69, 9.17) is 23.7 Å². The summed E-state index contributed by atoms with van der Waals surface area (Å²) in [5.74, 6) is 0.814. The number of ether oxygens (including phenoxy) is 5. The third kappa shape index (κ3) is 6.12. The first-order valence-electron chi connectivity index (χ1n) is 9.68. The molecule has 1 saturated heterocycles. The summed E-state index contributed by atoms with van der Waals surface area (Å²) in [7, 11) is 1.47. The van der Waals surface area contributed by atoms with Crippen LogP contribution >= 0.6 is 0 Å². The van der Waals surface area contributed by atoms with Gasteiger partial charge in [-0.15, -0.1) is 0 Å². The molecule has 0 atom stereocenters. The lowest BCUT2D eigenvalue weighted by molar-refractivity contribution is -0.137. The molecule has 0 aromatic heterocycles. The Morgan fingerprint density at radius 3 is 2.47 bits per heavy atom. The van der Waals surface area contributed by atoms with Gasteiger partial charge >= 0.3 is 5.97 Å². The zero-order valence-corrected chi connectivity index (χ0v) is 16.9. The number of carbonyl (C=O) groups is 2. The fourth-order valence-corrected chi connectivity index (χ4v) is 2.85. The van der Waals surface area contributed by atoms with E-state index in [1.807, 2.05) is 30.3 Å². The number of carbonyl (C=O) groups excluding carboxylic acids is 2. The van der Waals surface area contributed by atoms with Crippen LogP contribution in [-0.4, -0.2) is 70.0 Å². The van der Waals surface area contributed by atoms with Crippen LogP contribution in [0.4, 0.5) is 0 Å². The molecule has 0 radical (unpaired) electrons. The first-order chi connectivity index (χ1) is 14.7. The van der Waals surface area contributed by atoms with Crippen LogP contribution in [0.1, 0.15) is 10.4 Å². The van der Waals surface area contributed by atoms with Crippen LogP contribution in [0.15, 0.2) is 48.5 Å². The lowest BCUT2D eigenvalue weighted by Crippen LogP contribution is -2.43. The zero-order valence-electron chi connectivity index (χ0n) is 16.9. The van der Waals surface area contributed by atoms with Gasteiger partial charge in [-0.25, -0.2) is 4.79 Å². The number of amides is 1. The van der Waals surface area contributed by atoms with Gasteiger partial charge < -0.3 is 28.6 Å². The van der Waals surface area contributed by atoms with Crippen molar-refractivity contribution < 1.29 is 33.3 Å². The van der Waals surface area contributed by atoms with Gasteiger partial charge in [0, 0.05) is 13.1 Å². The van der Waals surface area contributed by atoms with Gasteiger partial charge in [-0.1, -0.05) is 18.2 Å². The maximum Gasteiger partial charge on any atom is 0.338 e. The fourth-order valence-electron chi connectivity index (χ4n) is 2.85. The minimum Gasteiger partial charge on any atom is -0.493 e. The van der Waals surface area contributed by atoms with Crippen molar-refractivity contribution in [2.75, 3.05) is 53.2 Å². The third-order valence-electron chi connectivity index (χ3n) is 4.44. The SMILES string of the molecule is COc1cc(C(=O)OCCOc2ccccc2)ccc1OCC(=O)N1CCOCC1. The molecule has 1 heterocycles. The Morgan fingerprint density at radius 2 is 1.73 bits per heavy atom. The number of benzene rings is 2. The summed E-state index contributed by atoms with van der Waals surface area (Å²) in [6.45, 7) is 2.41. The topological polar surface area (TPSA) is 83.5 Å². The number of hydrogen-bond donors (Lipinski definition) is 0. The molecule has 1 amide bonds. The molecular weight excluding hydrogens is 390 g/mol. The first kappa shape index (κ1) is 21.4. The summed E-state index contributed by atoms with van der Waals surface area (Å²) in [5, 5.41) is 0. The minimum absolute atomic E-state index is 0.113. The van der Waals surface area contributed by atoms with Crippen LogP contribution in [0, 0.1) is 0 Å². The van der Waals surface area contributed by atoms with E-state index < -0.39 is 5.97 Å². The molecule has 160 valence electrons. The van der Waals surface area contributed by atoms with Crippen LogP contribution in [0.25, 0.3) is 0 Å². The van der Waals surface area contributed by atoms with Gasteiger partial charge in [0.1, 0.15) is 19.0 Å². The van der Waals surface area contributed by atoms with Gasteiger partial charge in [0.2, 0.25) is 0 Å². The summed E-state index contributed by atoms with van der Waals surface area (Å²) >= 11 is 0. The average Bonchev–Trinajstić information content (AvgIpc) is 2.81. The quantitative estimate of drug-likeness (QED) is 0.458. The third-order valence-corrected chi connectivity index (χ3v) is 4.44. The Labute approximate surface area is 175 Å². The molecule has 8 nitrogen and oxygen atoms in total. The molecule has 0 aliphatic carbocycles. The number of rotatable bonds is 9. The lowest BCUT2D eigenvalue weighted by Gasteiger charge is -2.26. The van der Waals surface area contributed by atoms with E-state index in [2.05, 4.69) is 0 Å². The average molecular weight is 415 g/mol. The van der Waals surface area contributed by atoms with Crippen molar-refractivity contribution in [3.8, 4) is 17.2 Å². The van der Waals surface area contributed by atoms with E-state index in [1.54, 1.807) is 17.0 Å². The van der Waals surface area contributed by atoms with Crippen LogP contribution in [0.3, 0.4) is 0 Å². The number of hydrogen-bond acceptors (Lipinski definition) is 7. The fraction of sp³-hybridized carbons (Fsp3) is 0.364. The second kappa shape index (κ2) is 11.1.